The minimum Gasteiger partial charge on any atom is -0.478 e. The molecule has 4 heteroatoms. The number of hydrogen-bond acceptors (Lipinski definition) is 2. The van der Waals surface area contributed by atoms with Gasteiger partial charge in [-0.25, -0.2) is 9.18 Å². The largest absolute Gasteiger partial charge is 0.478 e. The van der Waals surface area contributed by atoms with Gasteiger partial charge in [-0.15, -0.1) is 0 Å². The van der Waals surface area contributed by atoms with Gasteiger partial charge in [0.25, 0.3) is 0 Å². The van der Waals surface area contributed by atoms with Gasteiger partial charge in [0.15, 0.2) is 0 Å². The van der Waals surface area contributed by atoms with E-state index in [9.17, 15) is 9.18 Å². The first-order chi connectivity index (χ1) is 11.3. The van der Waals surface area contributed by atoms with Crippen LogP contribution in [-0.2, 0) is 11.8 Å². The molecule has 0 fully saturated rings. The maximum Gasteiger partial charge on any atom is 0.337 e. The fourth-order valence-electron chi connectivity index (χ4n) is 3.13. The molecule has 0 amide bonds. The second-order valence-electron chi connectivity index (χ2n) is 6.78. The Bertz CT molecular complexity index is 725. The lowest BCUT2D eigenvalue weighted by molar-refractivity contribution is 0.0697. The highest BCUT2D eigenvalue weighted by atomic mass is 19.1. The van der Waals surface area contributed by atoms with E-state index in [4.69, 9.17) is 10.8 Å². The van der Waals surface area contributed by atoms with Crippen LogP contribution in [0.3, 0.4) is 0 Å². The van der Waals surface area contributed by atoms with Gasteiger partial charge in [0.1, 0.15) is 5.82 Å². The Morgan fingerprint density at radius 2 is 1.88 bits per heavy atom. The molecule has 0 saturated carbocycles. The number of carboxylic acid groups (broad SMARTS) is 1. The maximum absolute atomic E-state index is 12.4. The molecule has 1 aliphatic carbocycles. The minimum absolute atomic E-state index is 0.0684. The van der Waals surface area contributed by atoms with Crippen molar-refractivity contribution in [1.29, 1.82) is 0 Å². The molecule has 1 aliphatic rings. The van der Waals surface area contributed by atoms with Crippen molar-refractivity contribution in [1.82, 2.24) is 0 Å². The Labute approximate surface area is 142 Å². The zero-order valence-corrected chi connectivity index (χ0v) is 14.2. The van der Waals surface area contributed by atoms with E-state index in [1.807, 2.05) is 0 Å². The summed E-state index contributed by atoms with van der Waals surface area (Å²) in [6.45, 7) is 4.74. The molecule has 2 aromatic rings. The van der Waals surface area contributed by atoms with Gasteiger partial charge in [-0.1, -0.05) is 44.5 Å². The first-order valence-corrected chi connectivity index (χ1v) is 8.18. The molecule has 0 unspecified atom stereocenters. The third-order valence-electron chi connectivity index (χ3n) is 4.49. The number of aromatic carboxylic acids is 1. The van der Waals surface area contributed by atoms with E-state index in [-0.39, 0.29) is 11.3 Å². The van der Waals surface area contributed by atoms with Crippen molar-refractivity contribution in [3.63, 3.8) is 0 Å². The van der Waals surface area contributed by atoms with Crippen LogP contribution in [0.1, 0.15) is 54.6 Å². The van der Waals surface area contributed by atoms with Crippen LogP contribution in [0.5, 0.6) is 0 Å². The summed E-state index contributed by atoms with van der Waals surface area (Å²) < 4.78 is 12.4. The summed E-state index contributed by atoms with van der Waals surface area (Å²) in [5, 5.41) is 8.44. The predicted molar refractivity (Wildman–Crippen MR) is 94.8 cm³/mol. The van der Waals surface area contributed by atoms with Crippen molar-refractivity contribution in [3.05, 3.63) is 65.0 Å². The molecule has 128 valence electrons. The van der Waals surface area contributed by atoms with Gasteiger partial charge < -0.3 is 10.8 Å². The molecule has 2 aromatic carbocycles. The van der Waals surface area contributed by atoms with Crippen molar-refractivity contribution in [3.8, 4) is 0 Å². The van der Waals surface area contributed by atoms with Crippen LogP contribution in [0.25, 0.3) is 0 Å². The highest BCUT2D eigenvalue weighted by molar-refractivity contribution is 5.93. The first kappa shape index (κ1) is 18.0. The van der Waals surface area contributed by atoms with Crippen LogP contribution >= 0.6 is 0 Å². The number of anilines is 1. The standard InChI is InChI=1S/C13H18.C7H6FNO2/c1-13(2)10-6-5-8-11-7-3-4-9-12(11)13;8-4-1-2-6(9)5(3-4)7(10)11/h3-4,7,9H,5-6,8,10H2,1-2H3;1-3H,9H2,(H,10,11). The lowest BCUT2D eigenvalue weighted by Crippen LogP contribution is -2.16. The molecule has 3 nitrogen and oxygen atoms in total. The van der Waals surface area contributed by atoms with Gasteiger partial charge in [0, 0.05) is 5.69 Å². The molecule has 0 aliphatic heterocycles. The molecule has 0 radical (unpaired) electrons. The zero-order chi connectivity index (χ0) is 17.7. The SMILES string of the molecule is CC1(C)CCCCc2ccccc21.Nc1ccc(F)cc1C(=O)O. The van der Waals surface area contributed by atoms with Crippen molar-refractivity contribution >= 4 is 11.7 Å². The Balaban J connectivity index is 0.000000177. The highest BCUT2D eigenvalue weighted by Gasteiger charge is 2.24. The van der Waals surface area contributed by atoms with E-state index >= 15 is 0 Å². The number of nitrogen functional groups attached to an aromatic ring is 1. The van der Waals surface area contributed by atoms with Gasteiger partial charge in [-0.2, -0.15) is 0 Å². The summed E-state index contributed by atoms with van der Waals surface area (Å²) >= 11 is 0. The van der Waals surface area contributed by atoms with Gasteiger partial charge in [0.05, 0.1) is 5.56 Å². The van der Waals surface area contributed by atoms with Crippen LogP contribution in [-0.4, -0.2) is 11.1 Å². The number of rotatable bonds is 1. The molecule has 0 atom stereocenters. The van der Waals surface area contributed by atoms with E-state index in [1.54, 1.807) is 11.1 Å². The van der Waals surface area contributed by atoms with E-state index < -0.39 is 11.8 Å². The number of benzene rings is 2. The fraction of sp³-hybridized carbons (Fsp3) is 0.350. The van der Waals surface area contributed by atoms with Crippen LogP contribution in [0.15, 0.2) is 42.5 Å². The van der Waals surface area contributed by atoms with Crippen LogP contribution < -0.4 is 5.73 Å². The number of nitrogens with two attached hydrogens (primary N) is 1. The zero-order valence-electron chi connectivity index (χ0n) is 14.2. The topological polar surface area (TPSA) is 63.3 Å². The second kappa shape index (κ2) is 7.47. The Morgan fingerprint density at radius 1 is 1.17 bits per heavy atom. The van der Waals surface area contributed by atoms with Crippen molar-refractivity contribution < 1.29 is 14.3 Å². The summed E-state index contributed by atoms with van der Waals surface area (Å²) in [5.74, 6) is -1.82. The van der Waals surface area contributed by atoms with E-state index in [0.29, 0.717) is 5.41 Å². The smallest absolute Gasteiger partial charge is 0.337 e. The van der Waals surface area contributed by atoms with Crippen molar-refractivity contribution in [2.24, 2.45) is 0 Å². The summed E-state index contributed by atoms with van der Waals surface area (Å²) in [7, 11) is 0. The number of carboxylic acids is 1. The molecule has 24 heavy (non-hydrogen) atoms. The van der Waals surface area contributed by atoms with Crippen LogP contribution in [0.4, 0.5) is 10.1 Å². The number of halogens is 1. The number of hydrogen-bond donors (Lipinski definition) is 2. The van der Waals surface area contributed by atoms with E-state index in [0.717, 1.165) is 12.1 Å². The minimum atomic E-state index is -1.22. The highest BCUT2D eigenvalue weighted by Crippen LogP contribution is 2.35. The quantitative estimate of drug-likeness (QED) is 0.583. The Morgan fingerprint density at radius 3 is 2.54 bits per heavy atom. The first-order valence-electron chi connectivity index (χ1n) is 8.18. The van der Waals surface area contributed by atoms with Gasteiger partial charge in [-0.3, -0.25) is 0 Å². The lowest BCUT2D eigenvalue weighted by atomic mass is 9.80. The third-order valence-corrected chi connectivity index (χ3v) is 4.49. The third kappa shape index (κ3) is 4.34. The molecular weight excluding hydrogens is 305 g/mol. The summed E-state index contributed by atoms with van der Waals surface area (Å²) in [6, 6.07) is 12.2. The number of carbonyl (C=O) groups is 1. The van der Waals surface area contributed by atoms with Crippen LogP contribution in [0, 0.1) is 5.82 Å². The molecule has 0 saturated heterocycles. The second-order valence-corrected chi connectivity index (χ2v) is 6.78. The molecule has 0 heterocycles. The average Bonchev–Trinajstić information content (AvgIpc) is 2.69. The molecule has 0 bridgehead atoms. The van der Waals surface area contributed by atoms with Gasteiger partial charge in [-0.05, 0) is 54.0 Å². The fourth-order valence-corrected chi connectivity index (χ4v) is 3.13. The van der Waals surface area contributed by atoms with Crippen molar-refractivity contribution in [2.45, 2.75) is 44.9 Å². The number of aryl methyl sites for hydroxylation is 1. The average molecular weight is 329 g/mol. The van der Waals surface area contributed by atoms with Crippen LogP contribution in [0.2, 0.25) is 0 Å². The summed E-state index contributed by atoms with van der Waals surface area (Å²) in [4.78, 5) is 10.3. The predicted octanol–water partition coefficient (Wildman–Crippen LogP) is 4.80. The summed E-state index contributed by atoms with van der Waals surface area (Å²) in [6.07, 6.45) is 5.35. The number of fused-ring (bicyclic) bond motifs is 1. The molecule has 0 spiro atoms. The molecule has 0 aromatic heterocycles. The summed E-state index contributed by atoms with van der Waals surface area (Å²) in [5.41, 5.74) is 8.65. The normalized spacial score (nSPS) is 15.5. The van der Waals surface area contributed by atoms with E-state index in [2.05, 4.69) is 38.1 Å². The Kier molecular flexibility index (Phi) is 5.60. The molecule has 3 N–H and O–H groups in total. The van der Waals surface area contributed by atoms with Crippen molar-refractivity contribution in [2.75, 3.05) is 5.73 Å². The maximum atomic E-state index is 12.4. The monoisotopic (exact) mass is 329 g/mol. The molecular formula is C20H24FNO2. The van der Waals surface area contributed by atoms with E-state index in [1.165, 1.54) is 31.7 Å². The van der Waals surface area contributed by atoms with Gasteiger partial charge >= 0.3 is 5.97 Å². The lowest BCUT2D eigenvalue weighted by Gasteiger charge is -2.25. The van der Waals surface area contributed by atoms with Gasteiger partial charge in [0.2, 0.25) is 0 Å². The Hall–Kier alpha value is -2.36. The molecule has 3 rings (SSSR count).